The van der Waals surface area contributed by atoms with E-state index in [0.717, 1.165) is 55.7 Å². The maximum Gasteiger partial charge on any atom is 0.237 e. The first-order valence-corrected chi connectivity index (χ1v) is 9.11. The summed E-state index contributed by atoms with van der Waals surface area (Å²) in [6.07, 6.45) is 8.14. The molecular weight excluding hydrogens is 340 g/mol. The fourth-order valence-corrected chi connectivity index (χ4v) is 3.48. The highest BCUT2D eigenvalue weighted by atomic mass is 35.5. The van der Waals surface area contributed by atoms with Crippen LogP contribution in [0, 0.1) is 0 Å². The SMILES string of the molecule is COc1ccc(CNC(=O)C2CCCCN2)c(OC2CCCC2)c1.Cl. The van der Waals surface area contributed by atoms with Crippen LogP contribution in [0.4, 0.5) is 0 Å². The molecular formula is C19H29ClN2O3. The van der Waals surface area contributed by atoms with Crippen LogP contribution in [0.25, 0.3) is 0 Å². The molecule has 2 aliphatic rings. The maximum atomic E-state index is 12.3. The number of hydrogen-bond donors (Lipinski definition) is 2. The number of nitrogens with one attached hydrogen (secondary N) is 2. The smallest absolute Gasteiger partial charge is 0.237 e. The first-order chi connectivity index (χ1) is 11.8. The molecule has 0 bridgehead atoms. The number of benzene rings is 1. The van der Waals surface area contributed by atoms with Gasteiger partial charge in [0.05, 0.1) is 19.3 Å². The molecule has 0 radical (unpaired) electrons. The zero-order valence-corrected chi connectivity index (χ0v) is 15.7. The Hall–Kier alpha value is -1.46. The molecule has 1 aliphatic heterocycles. The van der Waals surface area contributed by atoms with E-state index in [9.17, 15) is 4.79 Å². The van der Waals surface area contributed by atoms with Gasteiger partial charge < -0.3 is 20.1 Å². The molecule has 1 unspecified atom stereocenters. The molecule has 3 rings (SSSR count). The van der Waals surface area contributed by atoms with Crippen LogP contribution in [-0.4, -0.2) is 31.7 Å². The van der Waals surface area contributed by atoms with Crippen LogP contribution >= 0.6 is 12.4 Å². The van der Waals surface area contributed by atoms with E-state index in [0.29, 0.717) is 6.54 Å². The highest BCUT2D eigenvalue weighted by Crippen LogP contribution is 2.30. The van der Waals surface area contributed by atoms with E-state index >= 15 is 0 Å². The lowest BCUT2D eigenvalue weighted by Gasteiger charge is -2.23. The Balaban J connectivity index is 0.00000225. The summed E-state index contributed by atoms with van der Waals surface area (Å²) >= 11 is 0. The topological polar surface area (TPSA) is 59.6 Å². The highest BCUT2D eigenvalue weighted by molar-refractivity contribution is 5.85. The van der Waals surface area contributed by atoms with E-state index in [1.54, 1.807) is 7.11 Å². The Labute approximate surface area is 156 Å². The maximum absolute atomic E-state index is 12.3. The normalized spacial score (nSPS) is 20.6. The Bertz CT molecular complexity index is 556. The van der Waals surface area contributed by atoms with Gasteiger partial charge in [-0.1, -0.05) is 6.42 Å². The van der Waals surface area contributed by atoms with Gasteiger partial charge in [-0.15, -0.1) is 12.4 Å². The standard InChI is InChI=1S/C19H28N2O3.ClH/c1-23-16-10-9-14(18(12-16)24-15-6-2-3-7-15)13-21-19(22)17-8-4-5-11-20-17;/h9-10,12,15,17,20H,2-8,11,13H2,1H3,(H,21,22);1H. The van der Waals surface area contributed by atoms with Crippen molar-refractivity contribution in [1.82, 2.24) is 10.6 Å². The lowest BCUT2D eigenvalue weighted by Crippen LogP contribution is -2.46. The number of halogens is 1. The van der Waals surface area contributed by atoms with Crippen molar-refractivity contribution >= 4 is 18.3 Å². The third-order valence-electron chi connectivity index (χ3n) is 4.95. The molecule has 140 valence electrons. The number of piperidine rings is 1. The van der Waals surface area contributed by atoms with E-state index in [2.05, 4.69) is 10.6 Å². The third kappa shape index (κ3) is 5.51. The Morgan fingerprint density at radius 3 is 2.64 bits per heavy atom. The summed E-state index contributed by atoms with van der Waals surface area (Å²) in [5, 5.41) is 6.33. The van der Waals surface area contributed by atoms with Crippen LogP contribution in [0.15, 0.2) is 18.2 Å². The molecule has 1 saturated carbocycles. The zero-order valence-electron chi connectivity index (χ0n) is 14.9. The van der Waals surface area contributed by atoms with E-state index in [1.165, 1.54) is 12.8 Å². The summed E-state index contributed by atoms with van der Waals surface area (Å²) in [6, 6.07) is 5.77. The quantitative estimate of drug-likeness (QED) is 0.809. The van der Waals surface area contributed by atoms with Crippen molar-refractivity contribution in [1.29, 1.82) is 0 Å². The molecule has 1 heterocycles. The molecule has 1 aromatic carbocycles. The van der Waals surface area contributed by atoms with Gasteiger partial charge in [-0.25, -0.2) is 0 Å². The second-order valence-corrected chi connectivity index (χ2v) is 6.72. The van der Waals surface area contributed by atoms with Gasteiger partial charge in [0.1, 0.15) is 11.5 Å². The van der Waals surface area contributed by atoms with Gasteiger partial charge >= 0.3 is 0 Å². The lowest BCUT2D eigenvalue weighted by atomic mass is 10.0. The van der Waals surface area contributed by atoms with Gasteiger partial charge in [-0.2, -0.15) is 0 Å². The lowest BCUT2D eigenvalue weighted by molar-refractivity contribution is -0.123. The van der Waals surface area contributed by atoms with Crippen LogP contribution in [0.2, 0.25) is 0 Å². The Kier molecular flexibility index (Phi) is 7.85. The number of carbonyl (C=O) groups is 1. The van der Waals surface area contributed by atoms with Crippen molar-refractivity contribution in [2.45, 2.75) is 63.6 Å². The molecule has 1 aromatic rings. The highest BCUT2D eigenvalue weighted by Gasteiger charge is 2.21. The second-order valence-electron chi connectivity index (χ2n) is 6.72. The van der Waals surface area contributed by atoms with Crippen LogP contribution in [-0.2, 0) is 11.3 Å². The first-order valence-electron chi connectivity index (χ1n) is 9.11. The van der Waals surface area contributed by atoms with Crippen molar-refractivity contribution in [3.8, 4) is 11.5 Å². The number of ether oxygens (including phenoxy) is 2. The molecule has 6 heteroatoms. The average Bonchev–Trinajstić information content (AvgIpc) is 3.14. The van der Waals surface area contributed by atoms with Gasteiger partial charge in [-0.3, -0.25) is 4.79 Å². The van der Waals surface area contributed by atoms with Crippen molar-refractivity contribution in [2.24, 2.45) is 0 Å². The number of carbonyl (C=O) groups excluding carboxylic acids is 1. The van der Waals surface area contributed by atoms with Gasteiger partial charge in [0.2, 0.25) is 5.91 Å². The minimum absolute atomic E-state index is 0. The average molecular weight is 369 g/mol. The van der Waals surface area contributed by atoms with Crippen molar-refractivity contribution in [3.05, 3.63) is 23.8 Å². The molecule has 1 amide bonds. The minimum atomic E-state index is -0.0591. The van der Waals surface area contributed by atoms with E-state index in [1.807, 2.05) is 18.2 Å². The predicted molar refractivity (Wildman–Crippen MR) is 101 cm³/mol. The van der Waals surface area contributed by atoms with Crippen LogP contribution in [0.1, 0.15) is 50.5 Å². The van der Waals surface area contributed by atoms with E-state index in [-0.39, 0.29) is 30.5 Å². The summed E-state index contributed by atoms with van der Waals surface area (Å²) < 4.78 is 11.5. The number of hydrogen-bond acceptors (Lipinski definition) is 4. The minimum Gasteiger partial charge on any atom is -0.497 e. The molecule has 25 heavy (non-hydrogen) atoms. The largest absolute Gasteiger partial charge is 0.497 e. The molecule has 1 saturated heterocycles. The number of methoxy groups -OCH3 is 1. The van der Waals surface area contributed by atoms with Gasteiger partial charge in [-0.05, 0) is 57.2 Å². The molecule has 5 nitrogen and oxygen atoms in total. The van der Waals surface area contributed by atoms with E-state index < -0.39 is 0 Å². The molecule has 2 fully saturated rings. The summed E-state index contributed by atoms with van der Waals surface area (Å²) in [7, 11) is 1.66. The van der Waals surface area contributed by atoms with Gasteiger partial charge in [0, 0.05) is 18.2 Å². The van der Waals surface area contributed by atoms with Crippen molar-refractivity contribution < 1.29 is 14.3 Å². The summed E-state index contributed by atoms with van der Waals surface area (Å²) in [5.41, 5.74) is 1.01. The Morgan fingerprint density at radius 1 is 1.20 bits per heavy atom. The predicted octanol–water partition coefficient (Wildman–Crippen LogP) is 3.20. The fourth-order valence-electron chi connectivity index (χ4n) is 3.48. The molecule has 0 spiro atoms. The summed E-state index contributed by atoms with van der Waals surface area (Å²) in [4.78, 5) is 12.3. The fraction of sp³-hybridized carbons (Fsp3) is 0.632. The van der Waals surface area contributed by atoms with Crippen molar-refractivity contribution in [2.75, 3.05) is 13.7 Å². The van der Waals surface area contributed by atoms with Crippen molar-refractivity contribution in [3.63, 3.8) is 0 Å². The van der Waals surface area contributed by atoms with Gasteiger partial charge in [0.15, 0.2) is 0 Å². The summed E-state index contributed by atoms with van der Waals surface area (Å²) in [6.45, 7) is 1.42. The van der Waals surface area contributed by atoms with Crippen LogP contribution < -0.4 is 20.1 Å². The Morgan fingerprint density at radius 2 is 1.96 bits per heavy atom. The first kappa shape index (κ1) is 19.9. The van der Waals surface area contributed by atoms with Crippen LogP contribution in [0.3, 0.4) is 0 Å². The summed E-state index contributed by atoms with van der Waals surface area (Å²) in [5.74, 6) is 1.70. The number of amides is 1. The monoisotopic (exact) mass is 368 g/mol. The van der Waals surface area contributed by atoms with Gasteiger partial charge in [0.25, 0.3) is 0 Å². The third-order valence-corrected chi connectivity index (χ3v) is 4.95. The van der Waals surface area contributed by atoms with Crippen LogP contribution in [0.5, 0.6) is 11.5 Å². The molecule has 2 N–H and O–H groups in total. The zero-order chi connectivity index (χ0) is 16.8. The number of rotatable bonds is 6. The molecule has 1 aliphatic carbocycles. The van der Waals surface area contributed by atoms with E-state index in [4.69, 9.17) is 9.47 Å². The molecule has 1 atom stereocenters. The second kappa shape index (κ2) is 9.88. The molecule has 0 aromatic heterocycles.